The Morgan fingerprint density at radius 3 is 2.80 bits per heavy atom. The van der Waals surface area contributed by atoms with Gasteiger partial charge >= 0.3 is 0 Å². The van der Waals surface area contributed by atoms with Gasteiger partial charge in [0.2, 0.25) is 0 Å². The summed E-state index contributed by atoms with van der Waals surface area (Å²) in [6.45, 7) is 6.39. The zero-order chi connectivity index (χ0) is 14.3. The second-order valence-corrected chi connectivity index (χ2v) is 6.32. The van der Waals surface area contributed by atoms with Crippen molar-refractivity contribution in [1.29, 1.82) is 0 Å². The van der Waals surface area contributed by atoms with Crippen molar-refractivity contribution < 1.29 is 24.1 Å². The van der Waals surface area contributed by atoms with E-state index in [1.54, 1.807) is 0 Å². The van der Waals surface area contributed by atoms with Gasteiger partial charge in [0.05, 0.1) is 0 Å². The van der Waals surface area contributed by atoms with Crippen LogP contribution in [0.5, 0.6) is 0 Å². The molecule has 20 heavy (non-hydrogen) atoms. The van der Waals surface area contributed by atoms with Crippen molar-refractivity contribution >= 4 is 0 Å². The SMILES string of the molecule is CC1=C[C@H]2OC(C)(C)O[C@H]2[C@H](OC2CCCCO2)[C@H]1O. The van der Waals surface area contributed by atoms with E-state index in [0.29, 0.717) is 0 Å². The fourth-order valence-electron chi connectivity index (χ4n) is 3.14. The van der Waals surface area contributed by atoms with Crippen molar-refractivity contribution in [1.82, 2.24) is 0 Å². The van der Waals surface area contributed by atoms with Crippen molar-refractivity contribution in [2.45, 2.75) is 76.5 Å². The van der Waals surface area contributed by atoms with Gasteiger partial charge in [-0.1, -0.05) is 6.08 Å². The Labute approximate surface area is 119 Å². The van der Waals surface area contributed by atoms with Crippen LogP contribution in [-0.2, 0) is 18.9 Å². The Morgan fingerprint density at radius 1 is 1.30 bits per heavy atom. The first-order chi connectivity index (χ1) is 9.46. The van der Waals surface area contributed by atoms with Crippen LogP contribution in [-0.4, -0.2) is 48.2 Å². The first-order valence-corrected chi connectivity index (χ1v) is 7.45. The average molecular weight is 284 g/mol. The van der Waals surface area contributed by atoms with Crippen molar-refractivity contribution in [2.75, 3.05) is 6.61 Å². The zero-order valence-electron chi connectivity index (χ0n) is 12.4. The molecule has 0 saturated carbocycles. The van der Waals surface area contributed by atoms with Gasteiger partial charge in [-0.2, -0.15) is 0 Å². The second kappa shape index (κ2) is 5.39. The standard InChI is InChI=1S/C15H24O5/c1-9-8-10-13(20-15(2,3)19-10)14(12(9)16)18-11-6-4-5-7-17-11/h8,10-14,16H,4-7H2,1-3H3/t10-,11?,12+,13-,14-/m1/s1. The number of hydrogen-bond donors (Lipinski definition) is 1. The van der Waals surface area contributed by atoms with Crippen LogP contribution < -0.4 is 0 Å². The van der Waals surface area contributed by atoms with Crippen molar-refractivity contribution in [2.24, 2.45) is 0 Å². The number of rotatable bonds is 2. The van der Waals surface area contributed by atoms with E-state index in [9.17, 15) is 5.11 Å². The summed E-state index contributed by atoms with van der Waals surface area (Å²) in [5, 5.41) is 10.4. The monoisotopic (exact) mass is 284 g/mol. The van der Waals surface area contributed by atoms with Gasteiger partial charge in [0.15, 0.2) is 12.1 Å². The molecule has 0 aromatic heterocycles. The zero-order valence-corrected chi connectivity index (χ0v) is 12.4. The summed E-state index contributed by atoms with van der Waals surface area (Å²) >= 11 is 0. The van der Waals surface area contributed by atoms with Gasteiger partial charge in [-0.25, -0.2) is 0 Å². The first kappa shape index (κ1) is 14.5. The summed E-state index contributed by atoms with van der Waals surface area (Å²) in [5.74, 6) is -0.648. The minimum absolute atomic E-state index is 0.165. The molecule has 0 bridgehead atoms. The Bertz CT molecular complexity index is 386. The quantitative estimate of drug-likeness (QED) is 0.783. The molecule has 5 heteroatoms. The van der Waals surface area contributed by atoms with Crippen molar-refractivity contribution in [3.63, 3.8) is 0 Å². The number of hydrogen-bond acceptors (Lipinski definition) is 5. The normalized spacial score (nSPS) is 44.0. The maximum absolute atomic E-state index is 10.4. The van der Waals surface area contributed by atoms with Gasteiger partial charge in [-0.05, 0) is 45.6 Å². The minimum atomic E-state index is -0.667. The Morgan fingerprint density at radius 2 is 2.10 bits per heavy atom. The molecule has 2 heterocycles. The Hall–Kier alpha value is -0.460. The maximum atomic E-state index is 10.4. The maximum Gasteiger partial charge on any atom is 0.164 e. The average Bonchev–Trinajstić information content (AvgIpc) is 2.70. The number of aliphatic hydroxyl groups excluding tert-OH is 1. The molecule has 5 atom stereocenters. The molecule has 0 amide bonds. The Balaban J connectivity index is 1.75. The summed E-state index contributed by atoms with van der Waals surface area (Å²) < 4.78 is 23.4. The molecular formula is C15H24O5. The van der Waals surface area contributed by atoms with E-state index in [-0.39, 0.29) is 18.5 Å². The fourth-order valence-corrected chi connectivity index (χ4v) is 3.14. The van der Waals surface area contributed by atoms with Gasteiger partial charge in [0, 0.05) is 6.61 Å². The first-order valence-electron chi connectivity index (χ1n) is 7.45. The van der Waals surface area contributed by atoms with Crippen LogP contribution in [0, 0.1) is 0 Å². The molecule has 0 spiro atoms. The lowest BCUT2D eigenvalue weighted by Gasteiger charge is -2.37. The molecule has 2 saturated heterocycles. The number of ether oxygens (including phenoxy) is 4. The molecule has 5 nitrogen and oxygen atoms in total. The third-order valence-electron chi connectivity index (χ3n) is 4.14. The summed E-state index contributed by atoms with van der Waals surface area (Å²) in [6, 6.07) is 0. The van der Waals surface area contributed by atoms with E-state index in [0.717, 1.165) is 31.4 Å². The molecule has 114 valence electrons. The lowest BCUT2D eigenvalue weighted by Crippen LogP contribution is -2.50. The number of fused-ring (bicyclic) bond motifs is 1. The predicted octanol–water partition coefficient (Wildman–Crippen LogP) is 1.74. The third kappa shape index (κ3) is 2.78. The van der Waals surface area contributed by atoms with Gasteiger partial charge < -0.3 is 24.1 Å². The van der Waals surface area contributed by atoms with Crippen LogP contribution in [0.15, 0.2) is 11.6 Å². The molecule has 1 unspecified atom stereocenters. The highest BCUT2D eigenvalue weighted by molar-refractivity contribution is 5.20. The molecule has 0 aromatic rings. The Kier molecular flexibility index (Phi) is 3.90. The van der Waals surface area contributed by atoms with Crippen molar-refractivity contribution in [3.05, 3.63) is 11.6 Å². The predicted molar refractivity (Wildman–Crippen MR) is 72.1 cm³/mol. The highest BCUT2D eigenvalue weighted by Crippen LogP contribution is 2.38. The molecule has 2 aliphatic heterocycles. The molecule has 0 radical (unpaired) electrons. The molecular weight excluding hydrogens is 260 g/mol. The smallest absolute Gasteiger partial charge is 0.164 e. The fraction of sp³-hybridized carbons (Fsp3) is 0.867. The number of aliphatic hydroxyl groups is 1. The van der Waals surface area contributed by atoms with E-state index >= 15 is 0 Å². The molecule has 1 N–H and O–H groups in total. The van der Waals surface area contributed by atoms with Crippen LogP contribution in [0.1, 0.15) is 40.0 Å². The highest BCUT2D eigenvalue weighted by atomic mass is 16.8. The van der Waals surface area contributed by atoms with Crippen LogP contribution in [0.25, 0.3) is 0 Å². The minimum Gasteiger partial charge on any atom is -0.386 e. The summed E-state index contributed by atoms with van der Waals surface area (Å²) in [5.41, 5.74) is 0.869. The van der Waals surface area contributed by atoms with E-state index < -0.39 is 18.0 Å². The molecule has 3 rings (SSSR count). The second-order valence-electron chi connectivity index (χ2n) is 6.32. The summed E-state index contributed by atoms with van der Waals surface area (Å²) in [7, 11) is 0. The lowest BCUT2D eigenvalue weighted by molar-refractivity contribution is -0.235. The summed E-state index contributed by atoms with van der Waals surface area (Å²) in [4.78, 5) is 0. The van der Waals surface area contributed by atoms with Gasteiger partial charge in [0.1, 0.15) is 24.4 Å². The summed E-state index contributed by atoms with van der Waals surface area (Å²) in [6.07, 6.45) is 3.18. The molecule has 3 aliphatic rings. The van der Waals surface area contributed by atoms with Gasteiger partial charge in [-0.3, -0.25) is 0 Å². The third-order valence-corrected chi connectivity index (χ3v) is 4.14. The highest BCUT2D eigenvalue weighted by Gasteiger charge is 2.50. The topological polar surface area (TPSA) is 57.2 Å². The molecule has 2 fully saturated rings. The van der Waals surface area contributed by atoms with Gasteiger partial charge in [-0.15, -0.1) is 0 Å². The van der Waals surface area contributed by atoms with E-state index in [2.05, 4.69) is 0 Å². The van der Waals surface area contributed by atoms with E-state index in [4.69, 9.17) is 18.9 Å². The van der Waals surface area contributed by atoms with Crippen LogP contribution in [0.4, 0.5) is 0 Å². The molecule has 0 aromatic carbocycles. The van der Waals surface area contributed by atoms with Crippen LogP contribution >= 0.6 is 0 Å². The molecule has 1 aliphatic carbocycles. The van der Waals surface area contributed by atoms with E-state index in [1.165, 1.54) is 0 Å². The lowest BCUT2D eigenvalue weighted by atomic mass is 9.90. The van der Waals surface area contributed by atoms with Crippen molar-refractivity contribution in [3.8, 4) is 0 Å². The van der Waals surface area contributed by atoms with Gasteiger partial charge in [0.25, 0.3) is 0 Å². The largest absolute Gasteiger partial charge is 0.386 e. The van der Waals surface area contributed by atoms with E-state index in [1.807, 2.05) is 26.8 Å². The van der Waals surface area contributed by atoms with Crippen LogP contribution in [0.2, 0.25) is 0 Å². The van der Waals surface area contributed by atoms with Crippen LogP contribution in [0.3, 0.4) is 0 Å².